The number of hydrogen-bond donors (Lipinski definition) is 1. The van der Waals surface area contributed by atoms with Gasteiger partial charge in [-0.3, -0.25) is 0 Å². The first-order chi connectivity index (χ1) is 5.29. The van der Waals surface area contributed by atoms with E-state index in [1.807, 2.05) is 17.8 Å². The van der Waals surface area contributed by atoms with Crippen LogP contribution in [0.3, 0.4) is 0 Å². The van der Waals surface area contributed by atoms with Crippen LogP contribution in [0, 0.1) is 0 Å². The standard InChI is InChI=1S/C7H10ClN3/c1-10-6(8)5-7-9-3-2-4-11(7)10/h5H,2-4H2,1H3/p+1. The van der Waals surface area contributed by atoms with Gasteiger partial charge in [0.15, 0.2) is 12.9 Å². The molecular weight excluding hydrogens is 162 g/mol. The van der Waals surface area contributed by atoms with E-state index in [0.29, 0.717) is 0 Å². The molecule has 0 amide bonds. The second-order valence-electron chi connectivity index (χ2n) is 2.78. The number of nitrogens with zero attached hydrogens (tertiary/aromatic N) is 2. The molecule has 0 fully saturated rings. The summed E-state index contributed by atoms with van der Waals surface area (Å²) in [5.74, 6) is 1.13. The van der Waals surface area contributed by atoms with E-state index in [1.165, 1.54) is 6.42 Å². The summed E-state index contributed by atoms with van der Waals surface area (Å²) in [6, 6.07) is 1.96. The van der Waals surface area contributed by atoms with Crippen LogP contribution in [0.2, 0.25) is 5.15 Å². The van der Waals surface area contributed by atoms with Crippen LogP contribution >= 0.6 is 11.6 Å². The summed E-state index contributed by atoms with van der Waals surface area (Å²) in [5.41, 5.74) is 0. The van der Waals surface area contributed by atoms with Crippen LogP contribution in [-0.4, -0.2) is 11.2 Å². The molecule has 0 unspecified atom stereocenters. The molecule has 2 heterocycles. The lowest BCUT2D eigenvalue weighted by Gasteiger charge is -2.12. The molecule has 0 bridgehead atoms. The highest BCUT2D eigenvalue weighted by Gasteiger charge is 2.19. The molecule has 0 spiro atoms. The highest BCUT2D eigenvalue weighted by Crippen LogP contribution is 2.15. The number of nitrogens with one attached hydrogen (secondary N) is 1. The first kappa shape index (κ1) is 6.98. The minimum absolute atomic E-state index is 0.786. The van der Waals surface area contributed by atoms with Crippen LogP contribution in [0.25, 0.3) is 0 Å². The maximum atomic E-state index is 5.92. The third kappa shape index (κ3) is 0.997. The smallest absolute Gasteiger partial charge is 0.301 e. The lowest BCUT2D eigenvalue weighted by Crippen LogP contribution is -2.41. The Morgan fingerprint density at radius 1 is 1.73 bits per heavy atom. The van der Waals surface area contributed by atoms with Crippen LogP contribution in [0.5, 0.6) is 0 Å². The topological polar surface area (TPSA) is 20.8 Å². The lowest BCUT2D eigenvalue weighted by atomic mass is 10.3. The van der Waals surface area contributed by atoms with Crippen molar-refractivity contribution in [3.05, 3.63) is 11.2 Å². The van der Waals surface area contributed by atoms with Gasteiger partial charge >= 0.3 is 5.15 Å². The second kappa shape index (κ2) is 2.41. The molecule has 60 valence electrons. The van der Waals surface area contributed by atoms with Gasteiger partial charge in [-0.1, -0.05) is 4.68 Å². The number of anilines is 1. The molecule has 1 aromatic rings. The average Bonchev–Trinajstić information content (AvgIpc) is 2.30. The van der Waals surface area contributed by atoms with Crippen LogP contribution < -0.4 is 10.00 Å². The molecule has 1 aliphatic heterocycles. The van der Waals surface area contributed by atoms with Crippen molar-refractivity contribution in [1.82, 2.24) is 4.68 Å². The molecule has 1 N–H and O–H groups in total. The van der Waals surface area contributed by atoms with E-state index >= 15 is 0 Å². The fourth-order valence-corrected chi connectivity index (χ4v) is 1.61. The van der Waals surface area contributed by atoms with Gasteiger partial charge in [-0.2, -0.15) is 0 Å². The predicted octanol–water partition coefficient (Wildman–Crippen LogP) is 0.782. The zero-order valence-electron chi connectivity index (χ0n) is 6.47. The minimum Gasteiger partial charge on any atom is -0.367 e. The van der Waals surface area contributed by atoms with Crippen molar-refractivity contribution >= 4 is 17.4 Å². The lowest BCUT2D eigenvalue weighted by molar-refractivity contribution is -0.750. The van der Waals surface area contributed by atoms with Crippen LogP contribution in [0.1, 0.15) is 6.42 Å². The minimum atomic E-state index is 0.786. The second-order valence-corrected chi connectivity index (χ2v) is 3.17. The highest BCUT2D eigenvalue weighted by molar-refractivity contribution is 6.28. The number of rotatable bonds is 0. The van der Waals surface area contributed by atoms with Gasteiger partial charge in [0.2, 0.25) is 0 Å². The van der Waals surface area contributed by atoms with Gasteiger partial charge in [0.05, 0.1) is 12.6 Å². The maximum Gasteiger partial charge on any atom is 0.301 e. The molecule has 3 nitrogen and oxygen atoms in total. The van der Waals surface area contributed by atoms with E-state index in [0.717, 1.165) is 24.1 Å². The third-order valence-electron chi connectivity index (χ3n) is 2.06. The fraction of sp³-hybridized carbons (Fsp3) is 0.571. The zero-order chi connectivity index (χ0) is 7.84. The van der Waals surface area contributed by atoms with Gasteiger partial charge in [-0.15, -0.1) is 4.68 Å². The number of fused-ring (bicyclic) bond motifs is 1. The van der Waals surface area contributed by atoms with E-state index in [1.54, 1.807) is 0 Å². The van der Waals surface area contributed by atoms with Gasteiger partial charge in [0.1, 0.15) is 0 Å². The summed E-state index contributed by atoms with van der Waals surface area (Å²) in [7, 11) is 1.97. The van der Waals surface area contributed by atoms with Crippen LogP contribution in [-0.2, 0) is 13.6 Å². The van der Waals surface area contributed by atoms with E-state index in [-0.39, 0.29) is 0 Å². The monoisotopic (exact) mass is 172 g/mol. The summed E-state index contributed by atoms with van der Waals surface area (Å²) in [4.78, 5) is 0. The first-order valence-electron chi connectivity index (χ1n) is 3.78. The summed E-state index contributed by atoms with van der Waals surface area (Å²) in [6.45, 7) is 2.12. The number of halogens is 1. The van der Waals surface area contributed by atoms with E-state index < -0.39 is 0 Å². The molecule has 0 radical (unpaired) electrons. The van der Waals surface area contributed by atoms with Crippen molar-refractivity contribution in [2.75, 3.05) is 11.9 Å². The molecular formula is C7H11ClN3+. The molecule has 0 saturated heterocycles. The normalized spacial score (nSPS) is 15.8. The Morgan fingerprint density at radius 2 is 2.55 bits per heavy atom. The number of hydrogen-bond acceptors (Lipinski definition) is 1. The highest BCUT2D eigenvalue weighted by atomic mass is 35.5. The van der Waals surface area contributed by atoms with E-state index in [2.05, 4.69) is 10.00 Å². The largest absolute Gasteiger partial charge is 0.367 e. The van der Waals surface area contributed by atoms with E-state index in [4.69, 9.17) is 11.6 Å². The molecule has 11 heavy (non-hydrogen) atoms. The Morgan fingerprint density at radius 3 is 3.27 bits per heavy atom. The first-order valence-corrected chi connectivity index (χ1v) is 4.16. The van der Waals surface area contributed by atoms with Crippen molar-refractivity contribution in [2.45, 2.75) is 13.0 Å². The van der Waals surface area contributed by atoms with Crippen LogP contribution in [0.15, 0.2) is 6.07 Å². The predicted molar refractivity (Wildman–Crippen MR) is 43.7 cm³/mol. The Labute approximate surface area is 70.6 Å². The number of aromatic nitrogens is 2. The van der Waals surface area contributed by atoms with E-state index in [9.17, 15) is 0 Å². The third-order valence-corrected chi connectivity index (χ3v) is 2.41. The SMILES string of the molecule is C[n+]1c(Cl)cc2n1CCCN2. The van der Waals surface area contributed by atoms with Gasteiger partial charge in [0.25, 0.3) is 0 Å². The van der Waals surface area contributed by atoms with Crippen molar-refractivity contribution in [3.63, 3.8) is 0 Å². The molecule has 1 aromatic heterocycles. The van der Waals surface area contributed by atoms with Crippen molar-refractivity contribution in [2.24, 2.45) is 7.05 Å². The van der Waals surface area contributed by atoms with Crippen molar-refractivity contribution in [3.8, 4) is 0 Å². The Hall–Kier alpha value is -0.700. The van der Waals surface area contributed by atoms with Crippen molar-refractivity contribution < 1.29 is 4.68 Å². The van der Waals surface area contributed by atoms with Gasteiger partial charge in [-0.05, 0) is 18.0 Å². The summed E-state index contributed by atoms with van der Waals surface area (Å²) in [6.07, 6.45) is 1.17. The molecule has 1 aliphatic rings. The quantitative estimate of drug-likeness (QED) is 0.574. The summed E-state index contributed by atoms with van der Waals surface area (Å²) in [5, 5.41) is 4.07. The zero-order valence-corrected chi connectivity index (χ0v) is 7.23. The Balaban J connectivity index is 2.50. The molecule has 0 aliphatic carbocycles. The van der Waals surface area contributed by atoms with Crippen LogP contribution in [0.4, 0.5) is 5.82 Å². The average molecular weight is 173 g/mol. The van der Waals surface area contributed by atoms with Gasteiger partial charge in [-0.25, -0.2) is 0 Å². The molecule has 0 saturated carbocycles. The van der Waals surface area contributed by atoms with Gasteiger partial charge < -0.3 is 5.32 Å². The molecule has 4 heteroatoms. The Bertz CT molecular complexity index is 279. The summed E-state index contributed by atoms with van der Waals surface area (Å²) >= 11 is 5.92. The maximum absolute atomic E-state index is 5.92. The van der Waals surface area contributed by atoms with Gasteiger partial charge in [0, 0.05) is 6.54 Å². The fourth-order valence-electron chi connectivity index (χ4n) is 1.42. The van der Waals surface area contributed by atoms with Crippen molar-refractivity contribution in [1.29, 1.82) is 0 Å². The molecule has 2 rings (SSSR count). The molecule has 0 atom stereocenters. The molecule has 0 aromatic carbocycles. The summed E-state index contributed by atoms with van der Waals surface area (Å²) < 4.78 is 4.11. The Kier molecular flexibility index (Phi) is 1.53.